The van der Waals surface area contributed by atoms with Crippen molar-refractivity contribution in [1.29, 1.82) is 0 Å². The highest BCUT2D eigenvalue weighted by atomic mass is 16.5. The molecule has 0 atom stereocenters. The molecule has 0 radical (unpaired) electrons. The van der Waals surface area contributed by atoms with E-state index in [0.717, 1.165) is 11.4 Å². The van der Waals surface area contributed by atoms with Gasteiger partial charge in [-0.2, -0.15) is 4.98 Å². The third-order valence-corrected chi connectivity index (χ3v) is 5.17. The van der Waals surface area contributed by atoms with Crippen molar-refractivity contribution < 1.29 is 9.26 Å². The van der Waals surface area contributed by atoms with Crippen LogP contribution < -0.4 is 4.74 Å². The van der Waals surface area contributed by atoms with Crippen molar-refractivity contribution in [3.05, 3.63) is 89.0 Å². The first-order valence-electron chi connectivity index (χ1n) is 9.85. The highest BCUT2D eigenvalue weighted by Gasteiger charge is 2.22. The molecule has 4 rings (SSSR count). The Bertz CT molecular complexity index is 1130. The highest BCUT2D eigenvalue weighted by Crippen LogP contribution is 2.32. The molecule has 2 aromatic heterocycles. The first kappa shape index (κ1) is 19.8. The molecule has 0 bridgehead atoms. The normalized spacial score (nSPS) is 11.5. The quantitative estimate of drug-likeness (QED) is 0.451. The number of nitrogens with zero attached hydrogens (tertiary/aromatic N) is 4. The van der Waals surface area contributed by atoms with Crippen LogP contribution in [-0.2, 0) is 12.0 Å². The smallest absolute Gasteiger partial charge is 0.295 e. The van der Waals surface area contributed by atoms with E-state index >= 15 is 0 Å². The van der Waals surface area contributed by atoms with E-state index in [1.165, 1.54) is 16.7 Å². The monoisotopic (exact) mass is 400 g/mol. The Morgan fingerprint density at radius 3 is 2.17 bits per heavy atom. The molecule has 152 valence electrons. The van der Waals surface area contributed by atoms with Crippen molar-refractivity contribution in [2.24, 2.45) is 0 Å². The summed E-state index contributed by atoms with van der Waals surface area (Å²) in [5.74, 6) is 2.03. The predicted octanol–water partition coefficient (Wildman–Crippen LogP) is 5.05. The zero-order valence-electron chi connectivity index (χ0n) is 17.6. The number of aryl methyl sites for hydroxylation is 2. The van der Waals surface area contributed by atoms with Crippen LogP contribution in [0.1, 0.15) is 42.1 Å². The summed E-state index contributed by atoms with van der Waals surface area (Å²) in [6, 6.07) is 18.7. The molecule has 0 aliphatic rings. The van der Waals surface area contributed by atoms with E-state index < -0.39 is 0 Å². The molecule has 0 N–H and O–H groups in total. The number of aromatic nitrogens is 4. The molecule has 0 spiro atoms. The lowest BCUT2D eigenvalue weighted by Crippen LogP contribution is -2.18. The summed E-state index contributed by atoms with van der Waals surface area (Å²) in [6.07, 6.45) is 1.66. The van der Waals surface area contributed by atoms with E-state index in [1.807, 2.05) is 18.2 Å². The molecule has 0 aliphatic carbocycles. The molecule has 4 aromatic rings. The average molecular weight is 400 g/mol. The zero-order chi connectivity index (χ0) is 21.1. The van der Waals surface area contributed by atoms with Crippen LogP contribution in [-0.4, -0.2) is 20.1 Å². The summed E-state index contributed by atoms with van der Waals surface area (Å²) >= 11 is 0. The van der Waals surface area contributed by atoms with Crippen molar-refractivity contribution in [1.82, 2.24) is 20.1 Å². The number of ether oxygens (including phenoxy) is 1. The largest absolute Gasteiger partial charge is 0.487 e. The van der Waals surface area contributed by atoms with E-state index in [0.29, 0.717) is 24.1 Å². The van der Waals surface area contributed by atoms with Crippen LogP contribution in [0.2, 0.25) is 0 Å². The molecular weight excluding hydrogens is 376 g/mol. The second kappa shape index (κ2) is 8.06. The van der Waals surface area contributed by atoms with Crippen molar-refractivity contribution in [2.75, 3.05) is 0 Å². The van der Waals surface area contributed by atoms with Gasteiger partial charge in [0.05, 0.1) is 5.69 Å². The minimum absolute atomic E-state index is 0.0873. The van der Waals surface area contributed by atoms with Crippen LogP contribution in [0, 0.1) is 13.8 Å². The van der Waals surface area contributed by atoms with Crippen LogP contribution in [0.5, 0.6) is 5.75 Å². The van der Waals surface area contributed by atoms with E-state index in [9.17, 15) is 0 Å². The fourth-order valence-electron chi connectivity index (χ4n) is 3.23. The molecule has 0 saturated heterocycles. The topological polar surface area (TPSA) is 73.9 Å². The van der Waals surface area contributed by atoms with Gasteiger partial charge in [-0.3, -0.25) is 0 Å². The van der Waals surface area contributed by atoms with Crippen LogP contribution in [0.3, 0.4) is 0 Å². The first-order chi connectivity index (χ1) is 14.4. The average Bonchev–Trinajstić information content (AvgIpc) is 3.19. The highest BCUT2D eigenvalue weighted by molar-refractivity contribution is 5.41. The van der Waals surface area contributed by atoms with Crippen LogP contribution in [0.4, 0.5) is 0 Å². The lowest BCUT2D eigenvalue weighted by Gasteiger charge is -2.26. The maximum Gasteiger partial charge on any atom is 0.295 e. The van der Waals surface area contributed by atoms with Gasteiger partial charge >= 0.3 is 0 Å². The molecule has 0 amide bonds. The predicted molar refractivity (Wildman–Crippen MR) is 114 cm³/mol. The van der Waals surface area contributed by atoms with Gasteiger partial charge in [-0.05, 0) is 43.2 Å². The number of benzene rings is 2. The van der Waals surface area contributed by atoms with Crippen LogP contribution in [0.15, 0.2) is 65.3 Å². The van der Waals surface area contributed by atoms with Gasteiger partial charge in [0, 0.05) is 11.6 Å². The molecule has 0 unspecified atom stereocenters. The minimum Gasteiger partial charge on any atom is -0.487 e. The van der Waals surface area contributed by atoms with Crippen LogP contribution in [0.25, 0.3) is 11.7 Å². The summed E-state index contributed by atoms with van der Waals surface area (Å²) in [7, 11) is 0. The summed E-state index contributed by atoms with van der Waals surface area (Å²) in [6.45, 7) is 8.64. The number of rotatable bonds is 6. The maximum atomic E-state index is 5.92. The summed E-state index contributed by atoms with van der Waals surface area (Å²) in [4.78, 5) is 12.8. The molecule has 0 saturated carbocycles. The van der Waals surface area contributed by atoms with E-state index in [-0.39, 0.29) is 5.41 Å². The van der Waals surface area contributed by atoms with Gasteiger partial charge in [-0.1, -0.05) is 61.0 Å². The van der Waals surface area contributed by atoms with Gasteiger partial charge in [0.15, 0.2) is 5.82 Å². The van der Waals surface area contributed by atoms with Crippen molar-refractivity contribution in [3.8, 4) is 17.5 Å². The standard InChI is InChI=1S/C24H24N4O2/c1-16-5-7-18(8-6-16)24(3,4)19-9-11-21(12-10-19)29-15-20-13-14-25-22(27-20)23-26-17(2)28-30-23/h5-14H,15H2,1-4H3. The summed E-state index contributed by atoms with van der Waals surface area (Å²) in [5, 5.41) is 3.77. The van der Waals surface area contributed by atoms with Gasteiger partial charge in [0.2, 0.25) is 5.82 Å². The van der Waals surface area contributed by atoms with E-state index in [4.69, 9.17) is 9.26 Å². The molecule has 2 aromatic carbocycles. The first-order valence-corrected chi connectivity index (χ1v) is 9.85. The van der Waals surface area contributed by atoms with Gasteiger partial charge in [0.25, 0.3) is 5.89 Å². The Hall–Kier alpha value is -3.54. The van der Waals surface area contributed by atoms with Crippen molar-refractivity contribution in [3.63, 3.8) is 0 Å². The van der Waals surface area contributed by atoms with E-state index in [2.05, 4.69) is 77.3 Å². The van der Waals surface area contributed by atoms with Crippen molar-refractivity contribution in [2.45, 2.75) is 39.7 Å². The Morgan fingerprint density at radius 2 is 1.53 bits per heavy atom. The zero-order valence-corrected chi connectivity index (χ0v) is 17.6. The van der Waals surface area contributed by atoms with Gasteiger partial charge in [-0.15, -0.1) is 0 Å². The fourth-order valence-corrected chi connectivity index (χ4v) is 3.23. The van der Waals surface area contributed by atoms with Gasteiger partial charge < -0.3 is 9.26 Å². The Kier molecular flexibility index (Phi) is 5.31. The second-order valence-corrected chi connectivity index (χ2v) is 7.82. The number of hydrogen-bond acceptors (Lipinski definition) is 6. The Morgan fingerprint density at radius 1 is 0.867 bits per heavy atom. The maximum absolute atomic E-state index is 5.92. The molecule has 6 heteroatoms. The fraction of sp³-hybridized carbons (Fsp3) is 0.250. The molecule has 0 fully saturated rings. The molecule has 2 heterocycles. The Labute approximate surface area is 176 Å². The van der Waals surface area contributed by atoms with Crippen molar-refractivity contribution >= 4 is 0 Å². The van der Waals surface area contributed by atoms with Gasteiger partial charge in [-0.25, -0.2) is 9.97 Å². The minimum atomic E-state index is -0.0873. The molecular formula is C24H24N4O2. The Balaban J connectivity index is 1.45. The molecule has 30 heavy (non-hydrogen) atoms. The SMILES string of the molecule is Cc1ccc(C(C)(C)c2ccc(OCc3ccnc(-c4nc(C)no4)n3)cc2)cc1. The van der Waals surface area contributed by atoms with E-state index in [1.54, 1.807) is 13.1 Å². The molecule has 6 nitrogen and oxygen atoms in total. The van der Waals surface area contributed by atoms with Crippen LogP contribution >= 0.6 is 0 Å². The summed E-state index contributed by atoms with van der Waals surface area (Å²) in [5.41, 5.74) is 4.43. The van der Waals surface area contributed by atoms with Gasteiger partial charge in [0.1, 0.15) is 12.4 Å². The summed E-state index contributed by atoms with van der Waals surface area (Å²) < 4.78 is 11.0. The number of hydrogen-bond donors (Lipinski definition) is 0. The third-order valence-electron chi connectivity index (χ3n) is 5.17. The molecule has 0 aliphatic heterocycles. The lowest BCUT2D eigenvalue weighted by atomic mass is 9.78. The third kappa shape index (κ3) is 4.22. The lowest BCUT2D eigenvalue weighted by molar-refractivity contribution is 0.301. The second-order valence-electron chi connectivity index (χ2n) is 7.82.